The molecule has 1 heterocycles. The van der Waals surface area contributed by atoms with Gasteiger partial charge in [-0.05, 0) is 32.3 Å². The monoisotopic (exact) mass is 228 g/mol. The highest BCUT2D eigenvalue weighted by molar-refractivity contribution is 7.98. The third kappa shape index (κ3) is 2.75. The fourth-order valence-electron chi connectivity index (χ4n) is 1.31. The Labute approximate surface area is 92.7 Å². The first kappa shape index (κ1) is 12.1. The van der Waals surface area contributed by atoms with E-state index in [0.29, 0.717) is 17.7 Å². The number of H-pyrrole nitrogens is 1. The van der Waals surface area contributed by atoms with Gasteiger partial charge in [0.1, 0.15) is 0 Å². The number of hydrogen-bond acceptors (Lipinski definition) is 3. The van der Waals surface area contributed by atoms with Gasteiger partial charge in [0.05, 0.1) is 0 Å². The largest absolute Gasteiger partial charge is 0.268 e. The molecule has 0 radical (unpaired) electrons. The molecular weight excluding hydrogens is 212 g/mol. The Kier molecular flexibility index (Phi) is 4.20. The molecule has 84 valence electrons. The Morgan fingerprint density at radius 1 is 1.27 bits per heavy atom. The summed E-state index contributed by atoms with van der Waals surface area (Å²) in [6.07, 6.45) is 2.91. The maximum atomic E-state index is 11.7. The van der Waals surface area contributed by atoms with Crippen molar-refractivity contribution in [3.05, 3.63) is 31.8 Å². The van der Waals surface area contributed by atoms with Crippen LogP contribution in [0, 0.1) is 13.8 Å². The van der Waals surface area contributed by atoms with E-state index in [9.17, 15) is 9.59 Å². The number of nitrogens with zero attached hydrogens (tertiary/aromatic N) is 1. The van der Waals surface area contributed by atoms with Crippen molar-refractivity contribution in [2.75, 3.05) is 12.0 Å². The van der Waals surface area contributed by atoms with Gasteiger partial charge >= 0.3 is 0 Å². The van der Waals surface area contributed by atoms with Crippen molar-refractivity contribution in [3.63, 3.8) is 0 Å². The van der Waals surface area contributed by atoms with Gasteiger partial charge in [0.15, 0.2) is 0 Å². The molecule has 0 bridgehead atoms. The lowest BCUT2D eigenvalue weighted by Crippen LogP contribution is -2.33. The number of hydrogen-bond donors (Lipinski definition) is 1. The zero-order chi connectivity index (χ0) is 11.4. The molecule has 15 heavy (non-hydrogen) atoms. The summed E-state index contributed by atoms with van der Waals surface area (Å²) in [4.78, 5) is 23.1. The van der Waals surface area contributed by atoms with Gasteiger partial charge < -0.3 is 0 Å². The molecule has 1 rings (SSSR count). The molecule has 1 aromatic heterocycles. The zero-order valence-corrected chi connectivity index (χ0v) is 10.1. The fourth-order valence-corrected chi connectivity index (χ4v) is 1.73. The molecule has 0 unspecified atom stereocenters. The highest BCUT2D eigenvalue weighted by Gasteiger charge is 2.06. The molecule has 0 amide bonds. The third-order valence-corrected chi connectivity index (χ3v) is 3.13. The molecule has 1 N–H and O–H groups in total. The van der Waals surface area contributed by atoms with Crippen LogP contribution in [0.4, 0.5) is 0 Å². The van der Waals surface area contributed by atoms with E-state index < -0.39 is 0 Å². The smallest absolute Gasteiger partial charge is 0.268 e. The molecule has 0 aliphatic rings. The molecule has 5 heteroatoms. The molecular formula is C10H16N2O2S. The van der Waals surface area contributed by atoms with Crippen molar-refractivity contribution in [3.8, 4) is 0 Å². The van der Waals surface area contributed by atoms with E-state index in [0.717, 1.165) is 12.2 Å². The zero-order valence-electron chi connectivity index (χ0n) is 9.29. The van der Waals surface area contributed by atoms with Crippen molar-refractivity contribution in [2.45, 2.75) is 26.8 Å². The lowest BCUT2D eigenvalue weighted by molar-refractivity contribution is 0.556. The SMILES string of the molecule is CSCCCn1[nH]c(=O)c(C)c(C)c1=O. The van der Waals surface area contributed by atoms with Crippen molar-refractivity contribution in [1.29, 1.82) is 0 Å². The summed E-state index contributed by atoms with van der Waals surface area (Å²) in [5.41, 5.74) is 0.800. The van der Waals surface area contributed by atoms with Crippen LogP contribution in [-0.4, -0.2) is 21.8 Å². The van der Waals surface area contributed by atoms with Gasteiger partial charge in [-0.3, -0.25) is 14.7 Å². The molecule has 0 aromatic carbocycles. The van der Waals surface area contributed by atoms with Gasteiger partial charge in [0.2, 0.25) is 0 Å². The second-order valence-electron chi connectivity index (χ2n) is 3.49. The quantitative estimate of drug-likeness (QED) is 0.779. The summed E-state index contributed by atoms with van der Waals surface area (Å²) in [6, 6.07) is 0. The summed E-state index contributed by atoms with van der Waals surface area (Å²) >= 11 is 1.73. The first-order valence-corrected chi connectivity index (χ1v) is 6.26. The predicted octanol–water partition coefficient (Wildman–Crippen LogP) is 0.907. The standard InChI is InChI=1S/C10H16N2O2S/c1-7-8(2)10(14)12(11-9(7)13)5-4-6-15-3/h4-6H2,1-3H3,(H,11,13). The summed E-state index contributed by atoms with van der Waals surface area (Å²) < 4.78 is 1.40. The molecule has 0 saturated carbocycles. The van der Waals surface area contributed by atoms with Crippen molar-refractivity contribution in [2.24, 2.45) is 0 Å². The minimum atomic E-state index is -0.170. The van der Waals surface area contributed by atoms with Crippen LogP contribution < -0.4 is 11.1 Å². The molecule has 0 spiro atoms. The Hall–Kier alpha value is -0.970. The Morgan fingerprint density at radius 3 is 2.53 bits per heavy atom. The van der Waals surface area contributed by atoms with Crippen LogP contribution in [0.15, 0.2) is 9.59 Å². The van der Waals surface area contributed by atoms with Gasteiger partial charge in [-0.15, -0.1) is 0 Å². The molecule has 0 fully saturated rings. The molecule has 1 aromatic rings. The maximum absolute atomic E-state index is 11.7. The fraction of sp³-hybridized carbons (Fsp3) is 0.600. The van der Waals surface area contributed by atoms with Crippen LogP contribution in [0.25, 0.3) is 0 Å². The first-order chi connectivity index (χ1) is 7.07. The summed E-state index contributed by atoms with van der Waals surface area (Å²) in [7, 11) is 0. The predicted molar refractivity (Wildman–Crippen MR) is 63.8 cm³/mol. The first-order valence-electron chi connectivity index (χ1n) is 4.87. The summed E-state index contributed by atoms with van der Waals surface area (Å²) in [6.45, 7) is 3.94. The topological polar surface area (TPSA) is 54.9 Å². The Bertz CT molecular complexity index is 448. The molecule has 0 aliphatic heterocycles. The summed E-state index contributed by atoms with van der Waals surface area (Å²) in [5, 5.41) is 2.58. The van der Waals surface area contributed by atoms with Crippen LogP contribution in [0.1, 0.15) is 17.5 Å². The third-order valence-electron chi connectivity index (χ3n) is 2.44. The lowest BCUT2D eigenvalue weighted by Gasteiger charge is -2.07. The van der Waals surface area contributed by atoms with Gasteiger partial charge in [0.25, 0.3) is 11.1 Å². The number of aryl methyl sites for hydroxylation is 1. The van der Waals surface area contributed by atoms with Gasteiger partial charge in [-0.2, -0.15) is 11.8 Å². The lowest BCUT2D eigenvalue weighted by atomic mass is 10.2. The minimum absolute atomic E-state index is 0.0896. The van der Waals surface area contributed by atoms with E-state index in [1.54, 1.807) is 25.6 Å². The van der Waals surface area contributed by atoms with E-state index in [1.807, 2.05) is 6.26 Å². The van der Waals surface area contributed by atoms with Crippen LogP contribution in [0.3, 0.4) is 0 Å². The Morgan fingerprint density at radius 2 is 1.93 bits per heavy atom. The van der Waals surface area contributed by atoms with E-state index in [1.165, 1.54) is 4.68 Å². The number of aromatic nitrogens is 2. The van der Waals surface area contributed by atoms with Crippen LogP contribution >= 0.6 is 11.8 Å². The second kappa shape index (κ2) is 5.21. The van der Waals surface area contributed by atoms with Crippen molar-refractivity contribution in [1.82, 2.24) is 9.78 Å². The van der Waals surface area contributed by atoms with Gasteiger partial charge in [-0.1, -0.05) is 0 Å². The molecule has 0 atom stereocenters. The average molecular weight is 228 g/mol. The van der Waals surface area contributed by atoms with Gasteiger partial charge in [-0.25, -0.2) is 4.68 Å². The molecule has 4 nitrogen and oxygen atoms in total. The average Bonchev–Trinajstić information content (AvgIpc) is 2.23. The van der Waals surface area contributed by atoms with Crippen molar-refractivity contribution < 1.29 is 0 Å². The molecule has 0 saturated heterocycles. The highest BCUT2D eigenvalue weighted by atomic mass is 32.2. The van der Waals surface area contributed by atoms with Gasteiger partial charge in [0, 0.05) is 17.7 Å². The van der Waals surface area contributed by atoms with Crippen molar-refractivity contribution >= 4 is 11.8 Å². The normalized spacial score (nSPS) is 10.6. The number of aromatic amines is 1. The van der Waals surface area contributed by atoms with E-state index in [-0.39, 0.29) is 11.1 Å². The molecule has 0 aliphatic carbocycles. The summed E-state index contributed by atoms with van der Waals surface area (Å²) in [5.74, 6) is 0.987. The van der Waals surface area contributed by atoms with Crippen LogP contribution in [-0.2, 0) is 6.54 Å². The van der Waals surface area contributed by atoms with E-state index >= 15 is 0 Å². The van der Waals surface area contributed by atoms with Crippen LogP contribution in [0.5, 0.6) is 0 Å². The van der Waals surface area contributed by atoms with E-state index in [4.69, 9.17) is 0 Å². The number of thioether (sulfide) groups is 1. The second-order valence-corrected chi connectivity index (χ2v) is 4.48. The van der Waals surface area contributed by atoms with Crippen LogP contribution in [0.2, 0.25) is 0 Å². The number of rotatable bonds is 4. The Balaban J connectivity index is 3.00. The minimum Gasteiger partial charge on any atom is -0.268 e. The maximum Gasteiger partial charge on any atom is 0.268 e. The van der Waals surface area contributed by atoms with E-state index in [2.05, 4.69) is 5.10 Å². The highest BCUT2D eigenvalue weighted by Crippen LogP contribution is 1.97. The number of nitrogens with one attached hydrogen (secondary N) is 1.